The van der Waals surface area contributed by atoms with Crippen molar-refractivity contribution in [1.82, 2.24) is 18.7 Å². The van der Waals surface area contributed by atoms with Crippen molar-refractivity contribution in [1.29, 1.82) is 0 Å². The fraction of sp³-hybridized carbons (Fsp3) is 0.462. The molecule has 4 rings (SSSR count). The predicted molar refractivity (Wildman–Crippen MR) is 135 cm³/mol. The minimum Gasteiger partial charge on any atom is -0.464 e. The average molecular weight is 480 g/mol. The number of rotatable bonds is 8. The van der Waals surface area contributed by atoms with E-state index in [1.54, 1.807) is 41.9 Å². The van der Waals surface area contributed by atoms with Crippen LogP contribution in [0.2, 0.25) is 0 Å². The Balaban J connectivity index is 1.77. The van der Waals surface area contributed by atoms with Crippen LogP contribution in [0.1, 0.15) is 49.9 Å². The second-order valence-electron chi connectivity index (χ2n) is 9.50. The highest BCUT2D eigenvalue weighted by Gasteiger charge is 2.25. The number of aryl methyl sites for hydroxylation is 1. The van der Waals surface area contributed by atoms with Gasteiger partial charge >= 0.3 is 5.69 Å². The highest BCUT2D eigenvalue weighted by Crippen LogP contribution is 2.25. The summed E-state index contributed by atoms with van der Waals surface area (Å²) < 4.78 is 10.1. The molecule has 9 nitrogen and oxygen atoms in total. The van der Waals surface area contributed by atoms with Gasteiger partial charge in [-0.3, -0.25) is 23.3 Å². The second kappa shape index (κ2) is 10.4. The van der Waals surface area contributed by atoms with Crippen molar-refractivity contribution in [2.45, 2.75) is 58.7 Å². The van der Waals surface area contributed by atoms with Crippen LogP contribution in [-0.2, 0) is 20.1 Å². The van der Waals surface area contributed by atoms with E-state index in [2.05, 4.69) is 4.98 Å². The molecule has 3 aromatic rings. The van der Waals surface area contributed by atoms with E-state index in [1.807, 2.05) is 19.9 Å². The lowest BCUT2D eigenvalue weighted by Gasteiger charge is -2.28. The molecule has 0 saturated heterocycles. The zero-order valence-electron chi connectivity index (χ0n) is 20.6. The summed E-state index contributed by atoms with van der Waals surface area (Å²) in [6.07, 6.45) is 6.16. The zero-order valence-corrected chi connectivity index (χ0v) is 20.6. The number of hydrogen-bond donors (Lipinski definition) is 1. The summed E-state index contributed by atoms with van der Waals surface area (Å²) in [7, 11) is 1.55. The van der Waals surface area contributed by atoms with Crippen molar-refractivity contribution in [2.75, 3.05) is 6.61 Å². The van der Waals surface area contributed by atoms with E-state index in [0.29, 0.717) is 18.7 Å². The van der Waals surface area contributed by atoms with E-state index in [-0.39, 0.29) is 41.5 Å². The Morgan fingerprint density at radius 3 is 2.54 bits per heavy atom. The van der Waals surface area contributed by atoms with Gasteiger partial charge in [-0.15, -0.1) is 0 Å². The van der Waals surface area contributed by atoms with Gasteiger partial charge in [-0.25, -0.2) is 4.79 Å². The molecule has 1 aliphatic carbocycles. The normalized spacial score (nSPS) is 17.9. The standard InChI is InChI=1S/C26H33N5O4/c1-17(2)13-14-30-22-23(28-25(30)35-16-19-11-7-8-12-20(19)27)29(3)26(34)31(24(22)33)15-21(32)18-9-5-4-6-10-18/h4-6,9-10,13,19-20H,7-8,11-12,14-16,27H2,1-3H3. The Morgan fingerprint density at radius 2 is 1.86 bits per heavy atom. The van der Waals surface area contributed by atoms with Crippen molar-refractivity contribution in [2.24, 2.45) is 18.7 Å². The SMILES string of the molecule is CC(C)=CCn1c(OCC2CCCCC2N)nc2c1c(=O)n(CC(=O)c1ccccc1)c(=O)n2C. The Bertz CT molecular complexity index is 1360. The van der Waals surface area contributed by atoms with E-state index in [4.69, 9.17) is 10.5 Å². The maximum absolute atomic E-state index is 13.5. The summed E-state index contributed by atoms with van der Waals surface area (Å²) >= 11 is 0. The number of allylic oxidation sites excluding steroid dienone is 2. The largest absolute Gasteiger partial charge is 0.464 e. The lowest BCUT2D eigenvalue weighted by Crippen LogP contribution is -2.41. The molecule has 2 heterocycles. The molecular formula is C26H33N5O4. The third-order valence-electron chi connectivity index (χ3n) is 6.67. The van der Waals surface area contributed by atoms with E-state index in [9.17, 15) is 14.4 Å². The van der Waals surface area contributed by atoms with Crippen LogP contribution < -0.4 is 21.7 Å². The Morgan fingerprint density at radius 1 is 1.14 bits per heavy atom. The monoisotopic (exact) mass is 479 g/mol. The quantitative estimate of drug-likeness (QED) is 0.392. The van der Waals surface area contributed by atoms with Gasteiger partial charge in [-0.1, -0.05) is 54.8 Å². The molecule has 0 bridgehead atoms. The maximum Gasteiger partial charge on any atom is 0.332 e. The Hall–Kier alpha value is -3.46. The van der Waals surface area contributed by atoms with Crippen LogP contribution in [0, 0.1) is 5.92 Å². The van der Waals surface area contributed by atoms with Crippen LogP contribution in [0.25, 0.3) is 11.2 Å². The number of nitrogens with two attached hydrogens (primary N) is 1. The minimum absolute atomic E-state index is 0.0740. The van der Waals surface area contributed by atoms with E-state index < -0.39 is 11.2 Å². The van der Waals surface area contributed by atoms with Crippen LogP contribution in [-0.4, -0.2) is 37.1 Å². The number of nitrogens with zero attached hydrogens (tertiary/aromatic N) is 4. The smallest absolute Gasteiger partial charge is 0.332 e. The van der Waals surface area contributed by atoms with Gasteiger partial charge in [0.1, 0.15) is 0 Å². The number of carbonyl (C=O) groups is 1. The first-order chi connectivity index (χ1) is 16.8. The molecule has 1 fully saturated rings. The summed E-state index contributed by atoms with van der Waals surface area (Å²) in [5.74, 6) is -0.105. The highest BCUT2D eigenvalue weighted by molar-refractivity contribution is 5.95. The summed E-state index contributed by atoms with van der Waals surface area (Å²) in [5, 5.41) is 0. The second-order valence-corrected chi connectivity index (χ2v) is 9.50. The minimum atomic E-state index is -0.598. The molecule has 2 N–H and O–H groups in total. The molecule has 1 saturated carbocycles. The molecule has 9 heteroatoms. The molecule has 2 unspecified atom stereocenters. The molecule has 0 spiro atoms. The van der Waals surface area contributed by atoms with Crippen LogP contribution in [0.15, 0.2) is 51.6 Å². The number of benzene rings is 1. The molecule has 1 aliphatic rings. The number of hydrogen-bond acceptors (Lipinski definition) is 6. The number of carbonyl (C=O) groups excluding carboxylic acids is 1. The van der Waals surface area contributed by atoms with Gasteiger partial charge in [0.2, 0.25) is 0 Å². The van der Waals surface area contributed by atoms with Crippen LogP contribution in [0.4, 0.5) is 0 Å². The third-order valence-corrected chi connectivity index (χ3v) is 6.67. The molecule has 0 amide bonds. The van der Waals surface area contributed by atoms with Crippen molar-refractivity contribution < 1.29 is 9.53 Å². The molecule has 2 atom stereocenters. The van der Waals surface area contributed by atoms with E-state index >= 15 is 0 Å². The number of ether oxygens (including phenoxy) is 1. The maximum atomic E-state index is 13.5. The fourth-order valence-corrected chi connectivity index (χ4v) is 4.53. The number of aromatic nitrogens is 4. The van der Waals surface area contributed by atoms with Crippen LogP contribution >= 0.6 is 0 Å². The average Bonchev–Trinajstić information content (AvgIpc) is 3.22. The number of fused-ring (bicyclic) bond motifs is 1. The predicted octanol–water partition coefficient (Wildman–Crippen LogP) is 2.64. The Kier molecular flexibility index (Phi) is 7.35. The lowest BCUT2D eigenvalue weighted by molar-refractivity contribution is 0.0969. The Labute approximate surface area is 203 Å². The highest BCUT2D eigenvalue weighted by atomic mass is 16.5. The molecule has 1 aromatic carbocycles. The summed E-state index contributed by atoms with van der Waals surface area (Å²) in [5.41, 5.74) is 7.09. The number of imidazole rings is 1. The topological polar surface area (TPSA) is 114 Å². The first-order valence-electron chi connectivity index (χ1n) is 12.1. The van der Waals surface area contributed by atoms with Gasteiger partial charge in [0.25, 0.3) is 11.6 Å². The first kappa shape index (κ1) is 24.7. The zero-order chi connectivity index (χ0) is 25.1. The fourth-order valence-electron chi connectivity index (χ4n) is 4.53. The van der Waals surface area contributed by atoms with Gasteiger partial charge in [-0.2, -0.15) is 4.98 Å². The van der Waals surface area contributed by atoms with Crippen LogP contribution in [0.3, 0.4) is 0 Å². The molecule has 186 valence electrons. The molecular weight excluding hydrogens is 446 g/mol. The van der Waals surface area contributed by atoms with Gasteiger partial charge < -0.3 is 10.5 Å². The van der Waals surface area contributed by atoms with Gasteiger partial charge in [0.05, 0.1) is 13.2 Å². The summed E-state index contributed by atoms with van der Waals surface area (Å²) in [6, 6.07) is 8.97. The van der Waals surface area contributed by atoms with Crippen LogP contribution in [0.5, 0.6) is 6.01 Å². The summed E-state index contributed by atoms with van der Waals surface area (Å²) in [4.78, 5) is 43.9. The molecule has 0 radical (unpaired) electrons. The lowest BCUT2D eigenvalue weighted by atomic mass is 9.86. The molecule has 35 heavy (non-hydrogen) atoms. The van der Waals surface area contributed by atoms with Crippen molar-refractivity contribution >= 4 is 16.9 Å². The van der Waals surface area contributed by atoms with Crippen molar-refractivity contribution in [3.63, 3.8) is 0 Å². The van der Waals surface area contributed by atoms with Crippen molar-refractivity contribution in [3.05, 3.63) is 68.4 Å². The number of ketones is 1. The van der Waals surface area contributed by atoms with Gasteiger partial charge in [-0.05, 0) is 26.7 Å². The molecule has 0 aliphatic heterocycles. The number of Topliss-reactive ketones (excluding diaryl/α,β-unsaturated/α-hetero) is 1. The molecule has 2 aromatic heterocycles. The van der Waals surface area contributed by atoms with E-state index in [1.165, 1.54) is 4.57 Å². The van der Waals surface area contributed by atoms with Gasteiger partial charge in [0.15, 0.2) is 16.9 Å². The van der Waals surface area contributed by atoms with Crippen molar-refractivity contribution in [3.8, 4) is 6.01 Å². The first-order valence-corrected chi connectivity index (χ1v) is 12.1. The van der Waals surface area contributed by atoms with E-state index in [0.717, 1.165) is 35.8 Å². The third kappa shape index (κ3) is 5.14. The summed E-state index contributed by atoms with van der Waals surface area (Å²) in [6.45, 7) is 4.33. The van der Waals surface area contributed by atoms with Gasteiger partial charge in [0, 0.05) is 31.1 Å².